The molecule has 5 heterocycles. The summed E-state index contributed by atoms with van der Waals surface area (Å²) in [5, 5.41) is 12.6. The third kappa shape index (κ3) is 4.21. The van der Waals surface area contributed by atoms with Crippen LogP contribution in [0, 0.1) is 5.92 Å². The van der Waals surface area contributed by atoms with E-state index in [9.17, 15) is 0 Å². The molecule has 1 saturated heterocycles. The number of ether oxygens (including phenoxy) is 2. The van der Waals surface area contributed by atoms with Crippen molar-refractivity contribution in [2.24, 2.45) is 13.0 Å². The predicted molar refractivity (Wildman–Crippen MR) is 137 cm³/mol. The number of hydrogen-bond acceptors (Lipinski definition) is 8. The van der Waals surface area contributed by atoms with Gasteiger partial charge in [-0.1, -0.05) is 10.3 Å². The van der Waals surface area contributed by atoms with E-state index in [-0.39, 0.29) is 6.04 Å². The van der Waals surface area contributed by atoms with Gasteiger partial charge in [-0.2, -0.15) is 0 Å². The summed E-state index contributed by atoms with van der Waals surface area (Å²) < 4.78 is 15.2. The molecule has 0 radical (unpaired) electrons. The molecule has 4 aromatic heterocycles. The summed E-state index contributed by atoms with van der Waals surface area (Å²) in [5.41, 5.74) is 4.69. The molecule has 0 spiro atoms. The first-order valence-corrected chi connectivity index (χ1v) is 12.2. The Morgan fingerprint density at radius 2 is 2.09 bits per heavy atom. The lowest BCUT2D eigenvalue weighted by molar-refractivity contribution is 0.0524. The molecule has 1 fully saturated rings. The van der Waals surface area contributed by atoms with Gasteiger partial charge in [-0.3, -0.25) is 4.98 Å². The largest absolute Gasteiger partial charge is 0.478 e. The maximum atomic E-state index is 5.66. The highest BCUT2D eigenvalue weighted by molar-refractivity contribution is 6.05. The molecule has 0 amide bonds. The number of hydrogen-bond donors (Lipinski definition) is 1. The Bertz CT molecular complexity index is 1320. The Morgan fingerprint density at radius 1 is 1.29 bits per heavy atom. The van der Waals surface area contributed by atoms with E-state index in [1.807, 2.05) is 20.3 Å². The van der Waals surface area contributed by atoms with Gasteiger partial charge in [-0.25, -0.2) is 9.67 Å². The second kappa shape index (κ2) is 9.79. The third-order valence-electron chi connectivity index (χ3n) is 7.18. The number of anilines is 1. The fourth-order valence-corrected chi connectivity index (χ4v) is 5.11. The molecule has 1 atom stereocenters. The van der Waals surface area contributed by atoms with E-state index in [1.165, 1.54) is 0 Å². The maximum Gasteiger partial charge on any atom is 0.261 e. The van der Waals surface area contributed by atoms with Crippen molar-refractivity contribution in [2.45, 2.75) is 25.8 Å². The van der Waals surface area contributed by atoms with Crippen LogP contribution in [-0.2, 0) is 11.8 Å². The number of methoxy groups -OCH3 is 1. The molecule has 1 aliphatic heterocycles. The van der Waals surface area contributed by atoms with E-state index in [0.717, 1.165) is 78.3 Å². The van der Waals surface area contributed by atoms with Crippen molar-refractivity contribution in [3.8, 4) is 17.1 Å². The molecule has 1 N–H and O–H groups in total. The average molecular weight is 479 g/mol. The van der Waals surface area contributed by atoms with Crippen LogP contribution in [0.15, 0.2) is 24.4 Å². The van der Waals surface area contributed by atoms with Crippen molar-refractivity contribution >= 4 is 27.9 Å². The summed E-state index contributed by atoms with van der Waals surface area (Å²) in [7, 11) is 7.52. The monoisotopic (exact) mass is 478 g/mol. The van der Waals surface area contributed by atoms with Crippen molar-refractivity contribution in [3.63, 3.8) is 0 Å². The first-order chi connectivity index (χ1) is 17.0. The van der Waals surface area contributed by atoms with Crippen LogP contribution in [0.2, 0.25) is 0 Å². The van der Waals surface area contributed by atoms with Crippen LogP contribution < -0.4 is 15.0 Å². The topological polar surface area (TPSA) is 95.2 Å². The van der Waals surface area contributed by atoms with Crippen LogP contribution in [-0.4, -0.2) is 77.0 Å². The normalized spacial score (nSPS) is 15.7. The van der Waals surface area contributed by atoms with Crippen LogP contribution >= 0.6 is 0 Å². The lowest BCUT2D eigenvalue weighted by atomic mass is 9.92. The number of aryl methyl sites for hydroxylation is 1. The lowest BCUT2D eigenvalue weighted by Crippen LogP contribution is -2.28. The number of nitrogens with one attached hydrogen (secondary N) is 1. The van der Waals surface area contributed by atoms with Crippen molar-refractivity contribution in [1.82, 2.24) is 34.8 Å². The summed E-state index contributed by atoms with van der Waals surface area (Å²) in [5.74, 6) is 1.95. The lowest BCUT2D eigenvalue weighted by Gasteiger charge is -2.30. The molecule has 0 aromatic carbocycles. The van der Waals surface area contributed by atoms with E-state index in [2.05, 4.69) is 57.3 Å². The van der Waals surface area contributed by atoms with Crippen molar-refractivity contribution in [2.75, 3.05) is 52.4 Å². The Kier molecular flexibility index (Phi) is 6.57. The minimum atomic E-state index is 0.243. The third-order valence-corrected chi connectivity index (χ3v) is 7.18. The van der Waals surface area contributed by atoms with Gasteiger partial charge in [0.2, 0.25) is 0 Å². The molecule has 4 aromatic rings. The number of likely N-dealkylation sites (N-methyl/N-ethyl adjacent to an activating group) is 2. The zero-order valence-electron chi connectivity index (χ0n) is 21.2. The molecule has 0 saturated carbocycles. The van der Waals surface area contributed by atoms with Crippen molar-refractivity contribution < 1.29 is 9.47 Å². The van der Waals surface area contributed by atoms with Gasteiger partial charge in [0.25, 0.3) is 5.88 Å². The first-order valence-electron chi connectivity index (χ1n) is 12.2. The molecule has 1 aliphatic rings. The average Bonchev–Trinajstić information content (AvgIpc) is 3.43. The van der Waals surface area contributed by atoms with Gasteiger partial charge in [0.15, 0.2) is 0 Å². The Labute approximate surface area is 205 Å². The first kappa shape index (κ1) is 23.5. The number of aromatic nitrogens is 6. The smallest absolute Gasteiger partial charge is 0.261 e. The maximum absolute atomic E-state index is 5.66. The summed E-state index contributed by atoms with van der Waals surface area (Å²) in [6, 6.07) is 6.66. The summed E-state index contributed by atoms with van der Waals surface area (Å²) in [6.07, 6.45) is 3.95. The van der Waals surface area contributed by atoms with Crippen LogP contribution in [0.5, 0.6) is 5.88 Å². The number of nitrogens with zero attached hydrogens (tertiary/aromatic N) is 7. The van der Waals surface area contributed by atoms with E-state index >= 15 is 0 Å². The molecule has 0 aliphatic carbocycles. The Morgan fingerprint density at radius 3 is 2.83 bits per heavy atom. The fourth-order valence-electron chi connectivity index (χ4n) is 5.11. The molecule has 35 heavy (non-hydrogen) atoms. The molecule has 186 valence electrons. The summed E-state index contributed by atoms with van der Waals surface area (Å²) in [4.78, 5) is 12.3. The molecular weight excluding hydrogens is 444 g/mol. The van der Waals surface area contributed by atoms with E-state index in [1.54, 1.807) is 11.8 Å². The molecule has 10 nitrogen and oxygen atoms in total. The summed E-state index contributed by atoms with van der Waals surface area (Å²) >= 11 is 0. The highest BCUT2D eigenvalue weighted by Crippen LogP contribution is 2.38. The minimum Gasteiger partial charge on any atom is -0.478 e. The fraction of sp³-hybridized carbons (Fsp3) is 0.520. The van der Waals surface area contributed by atoms with Gasteiger partial charge in [-0.05, 0) is 50.9 Å². The number of pyridine rings is 2. The van der Waals surface area contributed by atoms with E-state index in [0.29, 0.717) is 11.8 Å². The van der Waals surface area contributed by atoms with E-state index < -0.39 is 0 Å². The van der Waals surface area contributed by atoms with Gasteiger partial charge < -0.3 is 24.3 Å². The van der Waals surface area contributed by atoms with Crippen LogP contribution in [0.3, 0.4) is 0 Å². The Hall–Kier alpha value is -3.24. The van der Waals surface area contributed by atoms with Crippen LogP contribution in [0.25, 0.3) is 33.3 Å². The van der Waals surface area contributed by atoms with E-state index in [4.69, 9.17) is 19.4 Å². The van der Waals surface area contributed by atoms with Crippen LogP contribution in [0.4, 0.5) is 5.82 Å². The number of fused-ring (bicyclic) bond motifs is 3. The molecule has 0 unspecified atom stereocenters. The second-order valence-electron chi connectivity index (χ2n) is 9.29. The van der Waals surface area contributed by atoms with Crippen LogP contribution in [0.1, 0.15) is 25.8 Å². The quantitative estimate of drug-likeness (QED) is 0.413. The van der Waals surface area contributed by atoms with Gasteiger partial charge >= 0.3 is 0 Å². The molecule has 5 rings (SSSR count). The van der Waals surface area contributed by atoms with Gasteiger partial charge in [-0.15, -0.1) is 0 Å². The summed E-state index contributed by atoms with van der Waals surface area (Å²) in [6.45, 7) is 5.67. The highest BCUT2D eigenvalue weighted by Gasteiger charge is 2.27. The molecule has 0 bridgehead atoms. The minimum absolute atomic E-state index is 0.243. The predicted octanol–water partition coefficient (Wildman–Crippen LogP) is 3.03. The SMILES string of the molecule is CNCCN(C)c1ccc2c3ncc(-c4c(OC)nnn4C)cc3n([C@H](C)C3CCOCC3)c2n1. The second-order valence-corrected chi connectivity index (χ2v) is 9.29. The molecule has 10 heteroatoms. The standard InChI is InChI=1S/C25H34N8O2/c1-16(17-8-12-35-13-9-17)33-20-14-18(23-25(34-5)29-30-32(23)4)15-27-22(20)19-6-7-21(28-24(19)33)31(3)11-10-26-2/h6-7,14-17,26H,8-13H2,1-5H3/t16-/m1/s1. The zero-order valence-corrected chi connectivity index (χ0v) is 21.2. The van der Waals surface area contributed by atoms with Gasteiger partial charge in [0.05, 0.1) is 18.1 Å². The zero-order chi connectivity index (χ0) is 24.5. The number of rotatable bonds is 8. The van der Waals surface area contributed by atoms with Gasteiger partial charge in [0, 0.05) is 63.6 Å². The highest BCUT2D eigenvalue weighted by atomic mass is 16.5. The molecular formula is C25H34N8O2. The Balaban J connectivity index is 1.71. The van der Waals surface area contributed by atoms with Gasteiger partial charge in [0.1, 0.15) is 17.2 Å². The van der Waals surface area contributed by atoms with Crippen molar-refractivity contribution in [3.05, 3.63) is 24.4 Å². The van der Waals surface area contributed by atoms with Crippen molar-refractivity contribution in [1.29, 1.82) is 0 Å².